The summed E-state index contributed by atoms with van der Waals surface area (Å²) in [6, 6.07) is 11.8. The Kier molecular flexibility index (Phi) is 6.10. The summed E-state index contributed by atoms with van der Waals surface area (Å²) in [7, 11) is 0. The zero-order chi connectivity index (χ0) is 30.4. The fourth-order valence-corrected chi connectivity index (χ4v) is 6.74. The predicted octanol–water partition coefficient (Wildman–Crippen LogP) is 6.18. The van der Waals surface area contributed by atoms with Gasteiger partial charge in [-0.3, -0.25) is 9.59 Å². The summed E-state index contributed by atoms with van der Waals surface area (Å²) in [5.41, 5.74) is -4.56. The van der Waals surface area contributed by atoms with Gasteiger partial charge in [0.2, 0.25) is 23.4 Å². The van der Waals surface area contributed by atoms with Crippen LogP contribution in [0.1, 0.15) is 37.3 Å². The first-order valence-electron chi connectivity index (χ1n) is 12.8. The van der Waals surface area contributed by atoms with E-state index >= 15 is 0 Å². The van der Waals surface area contributed by atoms with Crippen molar-refractivity contribution in [2.75, 3.05) is 11.5 Å². The second-order valence-corrected chi connectivity index (χ2v) is 10.8. The van der Waals surface area contributed by atoms with Gasteiger partial charge in [0.25, 0.3) is 0 Å². The van der Waals surface area contributed by atoms with Crippen molar-refractivity contribution in [2.24, 2.45) is 11.8 Å². The molecular weight excluding hydrogens is 573 g/mol. The molecule has 3 aliphatic heterocycles. The highest BCUT2D eigenvalue weighted by atomic mass is 19.4. The molecule has 3 aromatic carbocycles. The molecule has 3 aliphatic rings. The number of imide groups is 1. The van der Waals surface area contributed by atoms with Crippen molar-refractivity contribution in [3.63, 3.8) is 0 Å². The van der Waals surface area contributed by atoms with Gasteiger partial charge in [0, 0.05) is 17.2 Å². The number of nitriles is 1. The number of carbonyl (C=O) groups excluding carboxylic acids is 2. The maximum absolute atomic E-state index is 14.4. The van der Waals surface area contributed by atoms with Gasteiger partial charge in [0.15, 0.2) is 17.4 Å². The van der Waals surface area contributed by atoms with Crippen molar-refractivity contribution in [3.05, 3.63) is 70.8 Å². The van der Waals surface area contributed by atoms with Crippen molar-refractivity contribution in [1.82, 2.24) is 0 Å². The van der Waals surface area contributed by atoms with E-state index in [4.69, 9.17) is 9.47 Å². The number of rotatable bonds is 5. The molecule has 3 saturated heterocycles. The molecule has 0 saturated carbocycles. The summed E-state index contributed by atoms with van der Waals surface area (Å²) in [6.07, 6.45) is -5.40. The highest BCUT2D eigenvalue weighted by molar-refractivity contribution is 6.26. The predicted molar refractivity (Wildman–Crippen MR) is 131 cm³/mol. The molecule has 6 nitrogen and oxygen atoms in total. The van der Waals surface area contributed by atoms with Gasteiger partial charge < -0.3 is 9.47 Å². The van der Waals surface area contributed by atoms with E-state index in [0.717, 1.165) is 4.90 Å². The molecule has 0 radical (unpaired) electrons. The number of hydrogen-bond donors (Lipinski definition) is 0. The molecule has 3 aromatic rings. The van der Waals surface area contributed by atoms with Crippen molar-refractivity contribution in [3.8, 4) is 11.8 Å². The molecule has 0 aromatic heterocycles. The van der Waals surface area contributed by atoms with Crippen molar-refractivity contribution >= 4 is 28.3 Å². The first-order chi connectivity index (χ1) is 19.8. The first kappa shape index (κ1) is 28.0. The van der Waals surface area contributed by atoms with Crippen LogP contribution in [0.5, 0.6) is 5.75 Å². The molecule has 13 heteroatoms. The Morgan fingerprint density at radius 3 is 2.19 bits per heavy atom. The molecular formula is C29H19F7N2O4. The van der Waals surface area contributed by atoms with E-state index in [1.165, 1.54) is 12.1 Å². The number of ether oxygens (including phenoxy) is 2. The second-order valence-electron chi connectivity index (χ2n) is 10.8. The largest absolute Gasteiger partial charge is 0.487 e. The number of nitrogens with zero attached hydrogens (tertiary/aromatic N) is 2. The molecule has 3 fully saturated rings. The van der Waals surface area contributed by atoms with E-state index in [-0.39, 0.29) is 18.5 Å². The van der Waals surface area contributed by atoms with Crippen LogP contribution in [0.25, 0.3) is 10.8 Å². The molecule has 2 amide bonds. The third-order valence-corrected chi connectivity index (χ3v) is 8.55. The second kappa shape index (κ2) is 9.16. The number of amides is 2. The zero-order valence-corrected chi connectivity index (χ0v) is 21.6. The highest BCUT2D eigenvalue weighted by Crippen LogP contribution is 2.62. The average molecular weight is 592 g/mol. The lowest BCUT2D eigenvalue weighted by Gasteiger charge is -2.31. The lowest BCUT2D eigenvalue weighted by Crippen LogP contribution is -2.43. The Bertz CT molecular complexity index is 1710. The number of anilines is 1. The minimum Gasteiger partial charge on any atom is -0.487 e. The lowest BCUT2D eigenvalue weighted by molar-refractivity contribution is -0.143. The van der Waals surface area contributed by atoms with E-state index in [9.17, 15) is 45.6 Å². The van der Waals surface area contributed by atoms with Crippen molar-refractivity contribution in [2.45, 2.75) is 43.6 Å². The highest BCUT2D eigenvalue weighted by Gasteiger charge is 2.74. The van der Waals surface area contributed by atoms with Gasteiger partial charge in [0.05, 0.1) is 47.0 Å². The third-order valence-electron chi connectivity index (χ3n) is 8.55. The molecule has 4 atom stereocenters. The standard InChI is InChI=1S/C29H19F7N2O4/c1-27-8-9-28(42-27,10-11-41-24-22(32)20(30)19(29(34,35)36)21(31)23(24)33)18-17(27)25(39)38(26(18)40)16-7-6-13(12-37)14-4-2-3-5-15(14)16/h2-7,17-18H,8-11H2,1H3/t17-,18+,27-,28-/m0/s1. The van der Waals surface area contributed by atoms with E-state index in [0.29, 0.717) is 22.8 Å². The van der Waals surface area contributed by atoms with Gasteiger partial charge in [-0.1, -0.05) is 24.3 Å². The van der Waals surface area contributed by atoms with Crippen molar-refractivity contribution in [1.29, 1.82) is 5.26 Å². The van der Waals surface area contributed by atoms with Crippen LogP contribution in [0, 0.1) is 46.4 Å². The zero-order valence-electron chi connectivity index (χ0n) is 21.6. The molecule has 42 heavy (non-hydrogen) atoms. The fourth-order valence-electron chi connectivity index (χ4n) is 6.74. The number of carbonyl (C=O) groups is 2. The van der Waals surface area contributed by atoms with Crippen molar-refractivity contribution < 1.29 is 49.8 Å². The van der Waals surface area contributed by atoms with Gasteiger partial charge in [-0.25, -0.2) is 13.7 Å². The number of benzene rings is 3. The van der Waals surface area contributed by atoms with Gasteiger partial charge in [-0.05, 0) is 31.9 Å². The summed E-state index contributed by atoms with van der Waals surface area (Å²) in [5, 5.41) is 10.5. The smallest absolute Gasteiger partial charge is 0.422 e. The molecule has 218 valence electrons. The van der Waals surface area contributed by atoms with E-state index in [1.54, 1.807) is 31.2 Å². The summed E-state index contributed by atoms with van der Waals surface area (Å²) >= 11 is 0. The Balaban J connectivity index is 1.31. The van der Waals surface area contributed by atoms with Crippen LogP contribution >= 0.6 is 0 Å². The van der Waals surface area contributed by atoms with Crippen LogP contribution in [-0.2, 0) is 20.5 Å². The lowest BCUT2D eigenvalue weighted by atomic mass is 9.67. The van der Waals surface area contributed by atoms with Gasteiger partial charge in [-0.15, -0.1) is 0 Å². The van der Waals surface area contributed by atoms with Gasteiger partial charge >= 0.3 is 6.18 Å². The average Bonchev–Trinajstić information content (AvgIpc) is 3.52. The molecule has 3 heterocycles. The van der Waals surface area contributed by atoms with Crippen LogP contribution in [0.3, 0.4) is 0 Å². The van der Waals surface area contributed by atoms with Gasteiger partial charge in [-0.2, -0.15) is 27.2 Å². The summed E-state index contributed by atoms with van der Waals surface area (Å²) in [5.74, 6) is -14.8. The molecule has 6 rings (SSSR count). The number of hydrogen-bond acceptors (Lipinski definition) is 5. The maximum Gasteiger partial charge on any atom is 0.422 e. The first-order valence-corrected chi connectivity index (χ1v) is 12.8. The SMILES string of the molecule is C[C@@]12CC[C@@](CCOc3c(F)c(F)c(C(F)(F)F)c(F)c3F)(O1)[C@H]1C(=O)N(c3ccc(C#N)c4ccccc34)C(=O)[C@H]12. The minimum absolute atomic E-state index is 0.232. The molecule has 0 N–H and O–H groups in total. The van der Waals surface area contributed by atoms with Crippen LogP contribution in [-0.4, -0.2) is 29.6 Å². The van der Waals surface area contributed by atoms with E-state index in [2.05, 4.69) is 6.07 Å². The topological polar surface area (TPSA) is 79.6 Å². The minimum atomic E-state index is -5.70. The third kappa shape index (κ3) is 3.74. The maximum atomic E-state index is 14.4. The molecule has 0 aliphatic carbocycles. The number of fused-ring (bicyclic) bond motifs is 6. The Hall–Kier alpha value is -4.18. The number of alkyl halides is 3. The summed E-state index contributed by atoms with van der Waals surface area (Å²) < 4.78 is 107. The van der Waals surface area contributed by atoms with Gasteiger partial charge in [0.1, 0.15) is 5.56 Å². The molecule has 0 unspecified atom stereocenters. The Morgan fingerprint density at radius 1 is 0.952 bits per heavy atom. The summed E-state index contributed by atoms with van der Waals surface area (Å²) in [4.78, 5) is 28.7. The van der Waals surface area contributed by atoms with Crippen LogP contribution in [0.2, 0.25) is 0 Å². The fraction of sp³-hybridized carbons (Fsp3) is 0.345. The number of halogens is 7. The van der Waals surface area contributed by atoms with Crippen LogP contribution < -0.4 is 9.64 Å². The summed E-state index contributed by atoms with van der Waals surface area (Å²) in [6.45, 7) is 0.963. The normalized spacial score (nSPS) is 26.7. The van der Waals surface area contributed by atoms with E-state index < -0.39 is 82.2 Å². The quantitative estimate of drug-likeness (QED) is 0.201. The van der Waals surface area contributed by atoms with Crippen LogP contribution in [0.4, 0.5) is 36.4 Å². The van der Waals surface area contributed by atoms with Crippen LogP contribution in [0.15, 0.2) is 36.4 Å². The Labute approximate surface area is 233 Å². The monoisotopic (exact) mass is 592 g/mol. The molecule has 2 bridgehead atoms. The Morgan fingerprint density at radius 2 is 1.57 bits per heavy atom. The van der Waals surface area contributed by atoms with E-state index in [1.807, 2.05) is 0 Å². The molecule has 0 spiro atoms.